The minimum Gasteiger partial charge on any atom is -0.495 e. The van der Waals surface area contributed by atoms with E-state index in [1.807, 2.05) is 53.9 Å². The zero-order chi connectivity index (χ0) is 24.4. The van der Waals surface area contributed by atoms with Crippen molar-refractivity contribution < 1.29 is 9.53 Å². The van der Waals surface area contributed by atoms with Crippen LogP contribution in [-0.4, -0.2) is 58.2 Å². The summed E-state index contributed by atoms with van der Waals surface area (Å²) in [4.78, 5) is 34.2. The number of para-hydroxylation sites is 2. The van der Waals surface area contributed by atoms with Crippen molar-refractivity contribution >= 4 is 22.4 Å². The van der Waals surface area contributed by atoms with Crippen LogP contribution in [0.25, 0.3) is 16.9 Å². The number of anilines is 1. The van der Waals surface area contributed by atoms with Gasteiger partial charge in [-0.05, 0) is 12.1 Å². The van der Waals surface area contributed by atoms with Gasteiger partial charge in [0, 0.05) is 37.1 Å². The van der Waals surface area contributed by atoms with Crippen LogP contribution in [0.1, 0.15) is 16.2 Å². The second kappa shape index (κ2) is 9.77. The summed E-state index contributed by atoms with van der Waals surface area (Å²) in [5.74, 6) is 0.335. The summed E-state index contributed by atoms with van der Waals surface area (Å²) in [5, 5.41) is 5.50. The number of hydrogen-bond acceptors (Lipinski definition) is 7. The molecule has 1 amide bonds. The van der Waals surface area contributed by atoms with Gasteiger partial charge in [-0.25, -0.2) is 9.78 Å². The monoisotopic (exact) mass is 490 g/mol. The lowest BCUT2D eigenvalue weighted by atomic mass is 10.1. The first kappa shape index (κ1) is 22.9. The smallest absolute Gasteiger partial charge is 0.334 e. The average Bonchev–Trinajstić information content (AvgIpc) is 3.44. The number of amides is 1. The lowest BCUT2D eigenvalue weighted by Gasteiger charge is -2.28. The van der Waals surface area contributed by atoms with Crippen molar-refractivity contribution in [1.82, 2.24) is 24.3 Å². The summed E-state index contributed by atoms with van der Waals surface area (Å²) < 4.78 is 8.67. The van der Waals surface area contributed by atoms with Crippen molar-refractivity contribution in [3.63, 3.8) is 0 Å². The maximum absolute atomic E-state index is 14.1. The number of nitrogen functional groups attached to an aromatic ring is 1. The van der Waals surface area contributed by atoms with Gasteiger partial charge < -0.3 is 20.7 Å². The van der Waals surface area contributed by atoms with Crippen LogP contribution in [0.2, 0.25) is 0 Å². The summed E-state index contributed by atoms with van der Waals surface area (Å²) >= 11 is 1.30. The molecule has 180 valence electrons. The lowest BCUT2D eigenvalue weighted by Crippen LogP contribution is -2.47. The number of ether oxygens (including phenoxy) is 1. The Labute approximate surface area is 206 Å². The summed E-state index contributed by atoms with van der Waals surface area (Å²) in [6.07, 6.45) is 0. The Hall–Kier alpha value is -3.89. The van der Waals surface area contributed by atoms with E-state index in [9.17, 15) is 9.59 Å². The van der Waals surface area contributed by atoms with Gasteiger partial charge in [-0.3, -0.25) is 13.9 Å². The van der Waals surface area contributed by atoms with E-state index in [0.717, 1.165) is 5.56 Å². The predicted molar refractivity (Wildman–Crippen MR) is 136 cm³/mol. The van der Waals surface area contributed by atoms with Gasteiger partial charge in [0.2, 0.25) is 0 Å². The topological polar surface area (TPSA) is 107 Å². The molecule has 0 radical (unpaired) electrons. The van der Waals surface area contributed by atoms with Crippen LogP contribution < -0.4 is 21.5 Å². The number of nitrogens with two attached hydrogens (primary N) is 1. The summed E-state index contributed by atoms with van der Waals surface area (Å²) in [5.41, 5.74) is 8.29. The second-order valence-corrected chi connectivity index (χ2v) is 9.05. The van der Waals surface area contributed by atoms with E-state index < -0.39 is 0 Å². The van der Waals surface area contributed by atoms with Gasteiger partial charge in [0.15, 0.2) is 5.13 Å². The summed E-state index contributed by atoms with van der Waals surface area (Å²) in [7, 11) is 1.56. The van der Waals surface area contributed by atoms with Crippen LogP contribution in [0.3, 0.4) is 0 Å². The minimum absolute atomic E-state index is 0.127. The first-order chi connectivity index (χ1) is 17.1. The predicted octanol–water partition coefficient (Wildman–Crippen LogP) is 2.45. The van der Waals surface area contributed by atoms with Gasteiger partial charge in [-0.1, -0.05) is 42.5 Å². The Balaban J connectivity index is 1.81. The summed E-state index contributed by atoms with van der Waals surface area (Å²) in [6.45, 7) is 2.65. The van der Waals surface area contributed by atoms with Gasteiger partial charge in [-0.15, -0.1) is 11.3 Å². The number of nitrogens with zero attached hydrogens (tertiary/aromatic N) is 4. The molecule has 0 saturated carbocycles. The lowest BCUT2D eigenvalue weighted by molar-refractivity contribution is 0.0725. The molecule has 0 atom stereocenters. The van der Waals surface area contributed by atoms with Crippen molar-refractivity contribution in [1.29, 1.82) is 0 Å². The van der Waals surface area contributed by atoms with Crippen molar-refractivity contribution in [2.24, 2.45) is 0 Å². The quantitative estimate of drug-likeness (QED) is 0.430. The molecule has 1 aliphatic rings. The summed E-state index contributed by atoms with van der Waals surface area (Å²) in [6, 6.07) is 16.8. The standard InChI is InChI=1S/C25H26N6O3S/c1-34-20-10-6-5-9-19(20)31-21(17-7-3-2-4-8-17)22(23(32)29-13-11-27-12-14-29)30(25(31)33)15-18-16-35-24(26)28-18/h2-10,16,27H,11-15H2,1H3,(H2,26,28). The Morgan fingerprint density at radius 1 is 1.11 bits per heavy atom. The van der Waals surface area contributed by atoms with Crippen molar-refractivity contribution in [2.75, 3.05) is 39.0 Å². The number of benzene rings is 2. The zero-order valence-corrected chi connectivity index (χ0v) is 20.1. The van der Waals surface area contributed by atoms with Gasteiger partial charge in [-0.2, -0.15) is 0 Å². The molecule has 35 heavy (non-hydrogen) atoms. The molecule has 9 nitrogen and oxygen atoms in total. The van der Waals surface area contributed by atoms with Gasteiger partial charge in [0.05, 0.1) is 30.7 Å². The van der Waals surface area contributed by atoms with E-state index in [0.29, 0.717) is 59.8 Å². The fourth-order valence-electron chi connectivity index (χ4n) is 4.38. The normalized spacial score (nSPS) is 13.7. The first-order valence-corrected chi connectivity index (χ1v) is 12.2. The zero-order valence-electron chi connectivity index (χ0n) is 19.3. The third kappa shape index (κ3) is 4.33. The number of imidazole rings is 1. The van der Waals surface area contributed by atoms with E-state index in [-0.39, 0.29) is 18.1 Å². The molecule has 1 saturated heterocycles. The third-order valence-corrected chi connectivity index (χ3v) is 6.73. The first-order valence-electron chi connectivity index (χ1n) is 11.3. The SMILES string of the molecule is COc1ccccc1-n1c(-c2ccccc2)c(C(=O)N2CCNCC2)n(Cc2csc(N)n2)c1=O. The van der Waals surface area contributed by atoms with Crippen molar-refractivity contribution in [3.8, 4) is 22.7 Å². The van der Waals surface area contributed by atoms with Crippen LogP contribution in [0.5, 0.6) is 5.75 Å². The third-order valence-electron chi connectivity index (χ3n) is 6.01. The Morgan fingerprint density at radius 2 is 1.83 bits per heavy atom. The highest BCUT2D eigenvalue weighted by molar-refractivity contribution is 7.13. The van der Waals surface area contributed by atoms with E-state index in [1.165, 1.54) is 15.9 Å². The van der Waals surface area contributed by atoms with E-state index in [1.54, 1.807) is 22.6 Å². The Kier molecular flexibility index (Phi) is 6.39. The highest BCUT2D eigenvalue weighted by Gasteiger charge is 2.31. The number of carbonyl (C=O) groups excluding carboxylic acids is 1. The van der Waals surface area contributed by atoms with Crippen LogP contribution >= 0.6 is 11.3 Å². The molecule has 1 fully saturated rings. The number of thiazole rings is 1. The van der Waals surface area contributed by atoms with Crippen molar-refractivity contribution in [3.05, 3.63) is 81.8 Å². The van der Waals surface area contributed by atoms with E-state index in [2.05, 4.69) is 10.3 Å². The molecule has 4 aromatic rings. The molecule has 0 spiro atoms. The number of rotatable bonds is 6. The molecule has 3 N–H and O–H groups in total. The van der Waals surface area contributed by atoms with Gasteiger partial charge in [0.25, 0.3) is 5.91 Å². The average molecular weight is 491 g/mol. The molecule has 3 heterocycles. The van der Waals surface area contributed by atoms with Crippen LogP contribution in [0.15, 0.2) is 64.8 Å². The molecule has 2 aromatic heterocycles. The number of methoxy groups -OCH3 is 1. The van der Waals surface area contributed by atoms with Gasteiger partial charge >= 0.3 is 5.69 Å². The van der Waals surface area contributed by atoms with E-state index >= 15 is 0 Å². The van der Waals surface area contributed by atoms with E-state index in [4.69, 9.17) is 10.5 Å². The largest absolute Gasteiger partial charge is 0.495 e. The number of carbonyl (C=O) groups is 1. The molecule has 0 aliphatic carbocycles. The molecular weight excluding hydrogens is 464 g/mol. The Bertz CT molecular complexity index is 1400. The van der Waals surface area contributed by atoms with Gasteiger partial charge in [0.1, 0.15) is 11.4 Å². The highest BCUT2D eigenvalue weighted by atomic mass is 32.1. The molecule has 1 aliphatic heterocycles. The molecule has 5 rings (SSSR count). The molecule has 0 bridgehead atoms. The molecule has 0 unspecified atom stereocenters. The molecule has 2 aromatic carbocycles. The van der Waals surface area contributed by atoms with Crippen molar-refractivity contribution in [2.45, 2.75) is 6.54 Å². The fraction of sp³-hybridized carbons (Fsp3) is 0.240. The number of hydrogen-bond donors (Lipinski definition) is 2. The number of aromatic nitrogens is 3. The Morgan fingerprint density at radius 3 is 2.51 bits per heavy atom. The number of piperazine rings is 1. The second-order valence-electron chi connectivity index (χ2n) is 8.16. The number of nitrogens with one attached hydrogen (secondary N) is 1. The fourth-order valence-corrected chi connectivity index (χ4v) is 4.94. The van der Waals surface area contributed by atoms with Crippen LogP contribution in [0.4, 0.5) is 5.13 Å². The minimum atomic E-state index is -0.349. The van der Waals surface area contributed by atoms with Crippen LogP contribution in [-0.2, 0) is 6.54 Å². The van der Waals surface area contributed by atoms with Crippen LogP contribution in [0, 0.1) is 0 Å². The maximum atomic E-state index is 14.1. The molecular formula is C25H26N6O3S. The highest BCUT2D eigenvalue weighted by Crippen LogP contribution is 2.31. The maximum Gasteiger partial charge on any atom is 0.334 e. The molecule has 10 heteroatoms.